The van der Waals surface area contributed by atoms with Gasteiger partial charge in [0.15, 0.2) is 0 Å². The summed E-state index contributed by atoms with van der Waals surface area (Å²) in [4.78, 5) is 27.7. The molecule has 3 aromatic rings. The Kier molecular flexibility index (Phi) is 6.48. The van der Waals surface area contributed by atoms with Crippen molar-refractivity contribution in [3.63, 3.8) is 0 Å². The maximum Gasteiger partial charge on any atom is 0.264 e. The van der Waals surface area contributed by atoms with E-state index in [1.807, 2.05) is 5.38 Å². The maximum atomic E-state index is 13.9. The number of sulfonamides is 1. The summed E-state index contributed by atoms with van der Waals surface area (Å²) in [6.45, 7) is 2.09. The molecular weight excluding hydrogens is 465 g/mol. The van der Waals surface area contributed by atoms with E-state index in [0.29, 0.717) is 29.8 Å². The summed E-state index contributed by atoms with van der Waals surface area (Å²) in [5.41, 5.74) is 0.544. The van der Waals surface area contributed by atoms with Crippen molar-refractivity contribution < 1.29 is 22.4 Å². The molecule has 1 saturated heterocycles. The number of para-hydroxylation sites is 1. The molecule has 0 saturated carbocycles. The third-order valence-electron chi connectivity index (χ3n) is 5.41. The summed E-state index contributed by atoms with van der Waals surface area (Å²) in [6, 6.07) is 12.8. The van der Waals surface area contributed by atoms with Crippen molar-refractivity contribution in [3.8, 4) is 0 Å². The SMILES string of the molecule is Cc1ccc(NC(=O)[C@H]2CCCN2C(=O)c2cccs2)cc1S(=O)(=O)Nc1ccccc1F. The second-order valence-corrected chi connectivity index (χ2v) is 10.3. The van der Waals surface area contributed by atoms with Crippen molar-refractivity contribution in [2.24, 2.45) is 0 Å². The molecule has 0 spiro atoms. The standard InChI is InChI=1S/C23H22FN3O4S2/c1-15-10-11-16(14-21(15)33(30,31)26-18-7-3-2-6-17(18)24)25-22(28)19-8-4-12-27(19)23(29)20-9-5-13-32-20/h2-3,5-7,9-11,13-14,19,26H,4,8,12H2,1H3,(H,25,28)/t19-/m1/s1. The molecule has 1 aliphatic rings. The molecule has 2 amide bonds. The molecule has 0 aliphatic carbocycles. The molecule has 1 fully saturated rings. The Balaban J connectivity index is 1.53. The van der Waals surface area contributed by atoms with Crippen LogP contribution in [0.3, 0.4) is 0 Å². The molecule has 7 nitrogen and oxygen atoms in total. The van der Waals surface area contributed by atoms with Crippen LogP contribution < -0.4 is 10.0 Å². The summed E-state index contributed by atoms with van der Waals surface area (Å²) in [7, 11) is -4.10. The molecule has 172 valence electrons. The number of hydrogen-bond donors (Lipinski definition) is 2. The lowest BCUT2D eigenvalue weighted by atomic mass is 10.2. The third-order valence-corrected chi connectivity index (χ3v) is 7.78. The van der Waals surface area contributed by atoms with Gasteiger partial charge < -0.3 is 10.2 Å². The molecule has 1 atom stereocenters. The minimum atomic E-state index is -4.10. The van der Waals surface area contributed by atoms with Crippen LogP contribution >= 0.6 is 11.3 Å². The number of hydrogen-bond acceptors (Lipinski definition) is 5. The molecule has 4 rings (SSSR count). The Morgan fingerprint density at radius 1 is 1.12 bits per heavy atom. The van der Waals surface area contributed by atoms with Gasteiger partial charge in [-0.25, -0.2) is 12.8 Å². The molecule has 0 radical (unpaired) electrons. The highest BCUT2D eigenvalue weighted by Crippen LogP contribution is 2.26. The minimum absolute atomic E-state index is 0.0820. The summed E-state index contributed by atoms with van der Waals surface area (Å²) in [5.74, 6) is -1.27. The van der Waals surface area contributed by atoms with Crippen molar-refractivity contribution in [2.45, 2.75) is 30.7 Å². The predicted octanol–water partition coefficient (Wildman–Crippen LogP) is 4.24. The van der Waals surface area contributed by atoms with E-state index in [9.17, 15) is 22.4 Å². The van der Waals surface area contributed by atoms with Crippen LogP contribution in [-0.2, 0) is 14.8 Å². The molecule has 2 aromatic carbocycles. The lowest BCUT2D eigenvalue weighted by molar-refractivity contribution is -0.119. The molecule has 1 aromatic heterocycles. The van der Waals surface area contributed by atoms with Crippen LogP contribution in [0.4, 0.5) is 15.8 Å². The van der Waals surface area contributed by atoms with Crippen LogP contribution in [-0.4, -0.2) is 37.7 Å². The average molecular weight is 488 g/mol. The normalized spacial score (nSPS) is 15.9. The first-order chi connectivity index (χ1) is 15.8. The van der Waals surface area contributed by atoms with Gasteiger partial charge in [0, 0.05) is 12.2 Å². The van der Waals surface area contributed by atoms with Gasteiger partial charge >= 0.3 is 0 Å². The number of anilines is 2. The number of amides is 2. The molecule has 0 unspecified atom stereocenters. The Bertz CT molecular complexity index is 1290. The number of carbonyl (C=O) groups is 2. The van der Waals surface area contributed by atoms with Gasteiger partial charge in [0.1, 0.15) is 11.9 Å². The van der Waals surface area contributed by atoms with Crippen LogP contribution in [0.25, 0.3) is 0 Å². The number of nitrogens with one attached hydrogen (secondary N) is 2. The number of benzene rings is 2. The smallest absolute Gasteiger partial charge is 0.264 e. The maximum absolute atomic E-state index is 13.9. The molecular formula is C23H22FN3O4S2. The quantitative estimate of drug-likeness (QED) is 0.544. The molecule has 0 bridgehead atoms. The highest BCUT2D eigenvalue weighted by molar-refractivity contribution is 7.92. The van der Waals surface area contributed by atoms with E-state index in [0.717, 1.165) is 6.07 Å². The second-order valence-electron chi connectivity index (χ2n) is 7.69. The van der Waals surface area contributed by atoms with E-state index in [2.05, 4.69) is 10.0 Å². The first kappa shape index (κ1) is 22.9. The number of nitrogens with zero attached hydrogens (tertiary/aromatic N) is 1. The van der Waals surface area contributed by atoms with Gasteiger partial charge in [-0.3, -0.25) is 14.3 Å². The second kappa shape index (κ2) is 9.32. The highest BCUT2D eigenvalue weighted by atomic mass is 32.2. The highest BCUT2D eigenvalue weighted by Gasteiger charge is 2.35. The van der Waals surface area contributed by atoms with Gasteiger partial charge in [-0.1, -0.05) is 24.3 Å². The fourth-order valence-electron chi connectivity index (χ4n) is 3.76. The van der Waals surface area contributed by atoms with Crippen LogP contribution in [0, 0.1) is 12.7 Å². The monoisotopic (exact) mass is 487 g/mol. The molecule has 33 heavy (non-hydrogen) atoms. The largest absolute Gasteiger partial charge is 0.326 e. The zero-order valence-corrected chi connectivity index (χ0v) is 19.4. The van der Waals surface area contributed by atoms with Crippen LogP contribution in [0.15, 0.2) is 64.9 Å². The van der Waals surface area contributed by atoms with Gasteiger partial charge in [0.2, 0.25) is 5.91 Å². The Labute approximate surface area is 195 Å². The fourth-order valence-corrected chi connectivity index (χ4v) is 5.78. The Morgan fingerprint density at radius 2 is 1.91 bits per heavy atom. The van der Waals surface area contributed by atoms with E-state index in [1.165, 1.54) is 35.6 Å². The van der Waals surface area contributed by atoms with E-state index in [4.69, 9.17) is 0 Å². The number of carbonyl (C=O) groups excluding carboxylic acids is 2. The topological polar surface area (TPSA) is 95.6 Å². The van der Waals surface area contributed by atoms with E-state index < -0.39 is 21.9 Å². The summed E-state index contributed by atoms with van der Waals surface area (Å²) in [5, 5.41) is 4.54. The third kappa shape index (κ3) is 4.91. The van der Waals surface area contributed by atoms with Gasteiger partial charge in [-0.2, -0.15) is 0 Å². The van der Waals surface area contributed by atoms with Crippen molar-refractivity contribution in [2.75, 3.05) is 16.6 Å². The number of thiophene rings is 1. The van der Waals surface area contributed by atoms with Crippen molar-refractivity contribution in [1.82, 2.24) is 4.90 Å². The molecule has 2 heterocycles. The number of aryl methyl sites for hydroxylation is 1. The molecule has 10 heteroatoms. The first-order valence-electron chi connectivity index (χ1n) is 10.3. The molecule has 1 aliphatic heterocycles. The fraction of sp³-hybridized carbons (Fsp3) is 0.217. The van der Waals surface area contributed by atoms with Crippen LogP contribution in [0.5, 0.6) is 0 Å². The first-order valence-corrected chi connectivity index (χ1v) is 12.7. The van der Waals surface area contributed by atoms with Gasteiger partial charge in [-0.15, -0.1) is 11.3 Å². The van der Waals surface area contributed by atoms with E-state index in [1.54, 1.807) is 36.1 Å². The predicted molar refractivity (Wildman–Crippen MR) is 125 cm³/mol. The summed E-state index contributed by atoms with van der Waals surface area (Å²) < 4.78 is 42.0. The van der Waals surface area contributed by atoms with Crippen molar-refractivity contribution in [1.29, 1.82) is 0 Å². The average Bonchev–Trinajstić information content (AvgIpc) is 3.48. The zero-order chi connectivity index (χ0) is 23.6. The van der Waals surface area contributed by atoms with Crippen LogP contribution in [0.1, 0.15) is 28.1 Å². The summed E-state index contributed by atoms with van der Waals surface area (Å²) >= 11 is 1.32. The Morgan fingerprint density at radius 3 is 2.64 bits per heavy atom. The number of halogens is 1. The van der Waals surface area contributed by atoms with Crippen LogP contribution in [0.2, 0.25) is 0 Å². The minimum Gasteiger partial charge on any atom is -0.326 e. The van der Waals surface area contributed by atoms with E-state index >= 15 is 0 Å². The lowest BCUT2D eigenvalue weighted by Crippen LogP contribution is -2.43. The van der Waals surface area contributed by atoms with Crippen molar-refractivity contribution in [3.05, 3.63) is 76.2 Å². The van der Waals surface area contributed by atoms with Gasteiger partial charge in [-0.05, 0) is 61.0 Å². The lowest BCUT2D eigenvalue weighted by Gasteiger charge is -2.23. The van der Waals surface area contributed by atoms with E-state index in [-0.39, 0.29) is 28.1 Å². The number of rotatable bonds is 6. The number of likely N-dealkylation sites (tertiary alicyclic amines) is 1. The van der Waals surface area contributed by atoms with Crippen molar-refractivity contribution >= 4 is 44.5 Å². The van der Waals surface area contributed by atoms with Gasteiger partial charge in [0.05, 0.1) is 15.5 Å². The molecule has 2 N–H and O–H groups in total. The summed E-state index contributed by atoms with van der Waals surface area (Å²) in [6.07, 6.45) is 1.23. The Hall–Kier alpha value is -3.24. The zero-order valence-electron chi connectivity index (χ0n) is 17.7. The van der Waals surface area contributed by atoms with Gasteiger partial charge in [0.25, 0.3) is 15.9 Å².